The lowest BCUT2D eigenvalue weighted by Crippen LogP contribution is -2.13. The van der Waals surface area contributed by atoms with E-state index in [1.807, 2.05) is 31.2 Å². The molecule has 6 heteroatoms. The molecule has 122 valence electrons. The van der Waals surface area contributed by atoms with E-state index in [0.29, 0.717) is 22.7 Å². The van der Waals surface area contributed by atoms with Gasteiger partial charge in [0.1, 0.15) is 5.52 Å². The number of amides is 1. The first kappa shape index (κ1) is 15.7. The summed E-state index contributed by atoms with van der Waals surface area (Å²) >= 11 is 0. The molecule has 0 aliphatic heterocycles. The van der Waals surface area contributed by atoms with Crippen molar-refractivity contribution < 1.29 is 19.1 Å². The molecular weight excluding hydrogens is 308 g/mol. The van der Waals surface area contributed by atoms with Gasteiger partial charge in [0.25, 0.3) is 0 Å². The van der Waals surface area contributed by atoms with Crippen molar-refractivity contribution in [2.75, 3.05) is 5.32 Å². The summed E-state index contributed by atoms with van der Waals surface area (Å²) in [6.07, 6.45) is -0.299. The number of carboxylic acid groups (broad SMARTS) is 1. The topological polar surface area (TPSA) is 92.4 Å². The van der Waals surface area contributed by atoms with Crippen molar-refractivity contribution in [3.8, 4) is 11.5 Å². The maximum atomic E-state index is 11.9. The van der Waals surface area contributed by atoms with Gasteiger partial charge in [-0.15, -0.1) is 0 Å². The lowest BCUT2D eigenvalue weighted by molar-refractivity contribution is -0.138. The number of oxazole rings is 1. The summed E-state index contributed by atoms with van der Waals surface area (Å²) in [6, 6.07) is 12.9. The van der Waals surface area contributed by atoms with Gasteiger partial charge in [-0.05, 0) is 36.8 Å². The van der Waals surface area contributed by atoms with Crippen molar-refractivity contribution >= 4 is 28.7 Å². The van der Waals surface area contributed by atoms with Crippen molar-refractivity contribution in [3.05, 3.63) is 48.0 Å². The van der Waals surface area contributed by atoms with Gasteiger partial charge in [0, 0.05) is 6.42 Å². The molecular formula is C18H16N2O4. The van der Waals surface area contributed by atoms with Crippen LogP contribution in [0.5, 0.6) is 0 Å². The highest BCUT2D eigenvalue weighted by atomic mass is 16.4. The number of nitrogens with one attached hydrogen (secondary N) is 1. The van der Waals surface area contributed by atoms with E-state index >= 15 is 0 Å². The number of carbonyl (C=O) groups excluding carboxylic acids is 1. The van der Waals surface area contributed by atoms with Crippen LogP contribution in [0.2, 0.25) is 0 Å². The second kappa shape index (κ2) is 6.54. The number of hydrogen-bond donors (Lipinski definition) is 2. The fourth-order valence-corrected chi connectivity index (χ4v) is 2.36. The number of para-hydroxylation sites is 1. The number of aryl methyl sites for hydroxylation is 1. The van der Waals surface area contributed by atoms with Gasteiger partial charge in [-0.2, -0.15) is 0 Å². The zero-order valence-electron chi connectivity index (χ0n) is 13.1. The van der Waals surface area contributed by atoms with E-state index in [9.17, 15) is 9.59 Å². The third kappa shape index (κ3) is 3.43. The summed E-state index contributed by atoms with van der Waals surface area (Å²) in [4.78, 5) is 26.9. The standard InChI is InChI=1S/C18H16N2O4/c1-11-6-7-15-14(10-11)20-18(24-15)12-4-2-3-5-13(12)19-16(21)8-9-17(22)23/h2-7,10H,8-9H2,1H3,(H,19,21)(H,22,23). The van der Waals surface area contributed by atoms with Crippen LogP contribution < -0.4 is 5.32 Å². The zero-order chi connectivity index (χ0) is 17.1. The first-order valence-corrected chi connectivity index (χ1v) is 7.51. The highest BCUT2D eigenvalue weighted by Gasteiger charge is 2.14. The molecule has 1 aromatic heterocycles. The average Bonchev–Trinajstić information content (AvgIpc) is 2.96. The Hall–Kier alpha value is -3.15. The number of nitrogens with zero attached hydrogens (tertiary/aromatic N) is 1. The van der Waals surface area contributed by atoms with Crippen molar-refractivity contribution in [1.82, 2.24) is 4.98 Å². The van der Waals surface area contributed by atoms with E-state index in [2.05, 4.69) is 10.3 Å². The highest BCUT2D eigenvalue weighted by Crippen LogP contribution is 2.30. The SMILES string of the molecule is Cc1ccc2oc(-c3ccccc3NC(=O)CCC(=O)O)nc2c1. The lowest BCUT2D eigenvalue weighted by Gasteiger charge is -2.08. The van der Waals surface area contributed by atoms with Crippen molar-refractivity contribution in [2.45, 2.75) is 19.8 Å². The fourth-order valence-electron chi connectivity index (χ4n) is 2.36. The molecule has 0 spiro atoms. The Morgan fingerprint density at radius 1 is 1.17 bits per heavy atom. The van der Waals surface area contributed by atoms with Gasteiger partial charge in [0.05, 0.1) is 17.7 Å². The number of rotatable bonds is 5. The van der Waals surface area contributed by atoms with E-state index in [4.69, 9.17) is 9.52 Å². The normalized spacial score (nSPS) is 10.7. The molecule has 1 amide bonds. The predicted octanol–water partition coefficient (Wildman–Crippen LogP) is 3.61. The second-order valence-corrected chi connectivity index (χ2v) is 5.48. The number of anilines is 1. The van der Waals surface area contributed by atoms with E-state index in [0.717, 1.165) is 11.1 Å². The molecule has 3 rings (SSSR count). The number of aromatic nitrogens is 1. The number of carbonyl (C=O) groups is 2. The molecule has 0 fully saturated rings. The van der Waals surface area contributed by atoms with Gasteiger partial charge >= 0.3 is 5.97 Å². The monoisotopic (exact) mass is 324 g/mol. The van der Waals surface area contributed by atoms with Crippen LogP contribution >= 0.6 is 0 Å². The molecule has 6 nitrogen and oxygen atoms in total. The number of hydrogen-bond acceptors (Lipinski definition) is 4. The van der Waals surface area contributed by atoms with E-state index in [-0.39, 0.29) is 18.7 Å². The molecule has 0 saturated heterocycles. The smallest absolute Gasteiger partial charge is 0.303 e. The molecule has 2 aromatic carbocycles. The van der Waals surface area contributed by atoms with Gasteiger partial charge in [-0.25, -0.2) is 4.98 Å². The van der Waals surface area contributed by atoms with E-state index in [1.54, 1.807) is 18.2 Å². The first-order chi connectivity index (χ1) is 11.5. The lowest BCUT2D eigenvalue weighted by atomic mass is 10.1. The second-order valence-electron chi connectivity index (χ2n) is 5.48. The molecule has 0 unspecified atom stereocenters. The quantitative estimate of drug-likeness (QED) is 0.748. The maximum absolute atomic E-state index is 11.9. The summed E-state index contributed by atoms with van der Waals surface area (Å²) in [6.45, 7) is 1.98. The largest absolute Gasteiger partial charge is 0.481 e. The Balaban J connectivity index is 1.90. The molecule has 0 bridgehead atoms. The van der Waals surface area contributed by atoms with Crippen LogP contribution in [0.15, 0.2) is 46.9 Å². The van der Waals surface area contributed by atoms with Crippen molar-refractivity contribution in [1.29, 1.82) is 0 Å². The van der Waals surface area contributed by atoms with Crippen molar-refractivity contribution in [2.24, 2.45) is 0 Å². The third-order valence-corrected chi connectivity index (χ3v) is 3.54. The third-order valence-electron chi connectivity index (χ3n) is 3.54. The Kier molecular flexibility index (Phi) is 4.29. The van der Waals surface area contributed by atoms with Crippen LogP contribution in [0, 0.1) is 6.92 Å². The summed E-state index contributed by atoms with van der Waals surface area (Å²) in [5, 5.41) is 11.4. The number of benzene rings is 2. The Labute approximate surface area is 138 Å². The van der Waals surface area contributed by atoms with Crippen LogP contribution in [0.1, 0.15) is 18.4 Å². The highest BCUT2D eigenvalue weighted by molar-refractivity contribution is 5.96. The van der Waals surface area contributed by atoms with Gasteiger partial charge in [0.2, 0.25) is 11.8 Å². The van der Waals surface area contributed by atoms with Crippen LogP contribution in [-0.4, -0.2) is 22.0 Å². The van der Waals surface area contributed by atoms with Crippen molar-refractivity contribution in [3.63, 3.8) is 0 Å². The summed E-state index contributed by atoms with van der Waals surface area (Å²) in [5.41, 5.74) is 3.68. The first-order valence-electron chi connectivity index (χ1n) is 7.51. The van der Waals surface area contributed by atoms with E-state index in [1.165, 1.54) is 0 Å². The molecule has 3 aromatic rings. The summed E-state index contributed by atoms with van der Waals surface area (Å²) in [5.74, 6) is -0.964. The fraction of sp³-hybridized carbons (Fsp3) is 0.167. The van der Waals surface area contributed by atoms with Gasteiger partial charge in [-0.1, -0.05) is 18.2 Å². The molecule has 0 aliphatic rings. The molecule has 24 heavy (non-hydrogen) atoms. The molecule has 0 aliphatic carbocycles. The predicted molar refractivity (Wildman–Crippen MR) is 89.7 cm³/mol. The van der Waals surface area contributed by atoms with Gasteiger partial charge < -0.3 is 14.8 Å². The van der Waals surface area contributed by atoms with Crippen LogP contribution in [0.3, 0.4) is 0 Å². The number of carboxylic acids is 1. The minimum Gasteiger partial charge on any atom is -0.481 e. The minimum absolute atomic E-state index is 0.0869. The molecule has 0 atom stereocenters. The molecule has 1 heterocycles. The maximum Gasteiger partial charge on any atom is 0.303 e. The zero-order valence-corrected chi connectivity index (χ0v) is 13.1. The van der Waals surface area contributed by atoms with Gasteiger partial charge in [0.15, 0.2) is 5.58 Å². The number of fused-ring (bicyclic) bond motifs is 1. The number of aliphatic carboxylic acids is 1. The summed E-state index contributed by atoms with van der Waals surface area (Å²) in [7, 11) is 0. The molecule has 2 N–H and O–H groups in total. The Morgan fingerprint density at radius 2 is 1.96 bits per heavy atom. The van der Waals surface area contributed by atoms with E-state index < -0.39 is 5.97 Å². The van der Waals surface area contributed by atoms with Crippen LogP contribution in [-0.2, 0) is 9.59 Å². The average molecular weight is 324 g/mol. The molecule has 0 radical (unpaired) electrons. The van der Waals surface area contributed by atoms with Crippen LogP contribution in [0.4, 0.5) is 5.69 Å². The molecule has 0 saturated carbocycles. The Morgan fingerprint density at radius 3 is 2.75 bits per heavy atom. The minimum atomic E-state index is -1.01. The van der Waals surface area contributed by atoms with Crippen LogP contribution in [0.25, 0.3) is 22.6 Å². The summed E-state index contributed by atoms with van der Waals surface area (Å²) < 4.78 is 5.77. The Bertz CT molecular complexity index is 914. The van der Waals surface area contributed by atoms with Gasteiger partial charge in [-0.3, -0.25) is 9.59 Å².